The number of allylic oxidation sites excluding steroid dienone is 1. The van der Waals surface area contributed by atoms with Crippen LogP contribution in [0.15, 0.2) is 94.6 Å². The van der Waals surface area contributed by atoms with Gasteiger partial charge in [-0.15, -0.1) is 16.4 Å². The lowest BCUT2D eigenvalue weighted by Gasteiger charge is -2.27. The minimum Gasteiger partial charge on any atom is -0.328 e. The summed E-state index contributed by atoms with van der Waals surface area (Å²) in [5, 5.41) is 13.8. The number of anilines is 2. The molecule has 0 bridgehead atoms. The summed E-state index contributed by atoms with van der Waals surface area (Å²) in [5.41, 5.74) is 3.38. The molecule has 1 aliphatic rings. The van der Waals surface area contributed by atoms with E-state index in [-0.39, 0.29) is 11.9 Å². The summed E-state index contributed by atoms with van der Waals surface area (Å²) in [5.74, 6) is 1.27. The summed E-state index contributed by atoms with van der Waals surface area (Å²) in [6.07, 6.45) is 0. The van der Waals surface area contributed by atoms with E-state index in [9.17, 15) is 4.79 Å². The topological polar surface area (TPSA) is 71.8 Å². The van der Waals surface area contributed by atoms with Gasteiger partial charge in [0.1, 0.15) is 6.04 Å². The number of nitrogens with zero attached hydrogens (tertiary/aromatic N) is 3. The van der Waals surface area contributed by atoms with Crippen LogP contribution < -0.4 is 10.6 Å². The maximum Gasteiger partial charge on any atom is 0.255 e. The number of fused-ring (bicyclic) bond motifs is 1. The second-order valence-corrected chi connectivity index (χ2v) is 9.26. The number of benzene rings is 2. The molecule has 2 aromatic heterocycles. The zero-order chi connectivity index (χ0) is 21.9. The van der Waals surface area contributed by atoms with Gasteiger partial charge in [-0.3, -0.25) is 4.79 Å². The van der Waals surface area contributed by atoms with Crippen molar-refractivity contribution in [1.82, 2.24) is 14.8 Å². The smallest absolute Gasteiger partial charge is 0.255 e. The number of carbonyl (C=O) groups is 1. The molecule has 0 saturated heterocycles. The maximum atomic E-state index is 13.3. The molecule has 1 amide bonds. The lowest BCUT2D eigenvalue weighted by atomic mass is 10.0. The van der Waals surface area contributed by atoms with Gasteiger partial charge in [0.2, 0.25) is 11.1 Å². The van der Waals surface area contributed by atoms with Gasteiger partial charge >= 0.3 is 0 Å². The maximum absolute atomic E-state index is 13.3. The van der Waals surface area contributed by atoms with E-state index in [0.717, 1.165) is 22.0 Å². The molecule has 0 radical (unpaired) electrons. The summed E-state index contributed by atoms with van der Waals surface area (Å²) >= 11 is 3.19. The van der Waals surface area contributed by atoms with Crippen molar-refractivity contribution in [3.63, 3.8) is 0 Å². The molecule has 0 fully saturated rings. The van der Waals surface area contributed by atoms with Crippen LogP contribution in [0.1, 0.15) is 23.4 Å². The molecule has 3 heterocycles. The van der Waals surface area contributed by atoms with Crippen LogP contribution >= 0.6 is 23.1 Å². The fourth-order valence-corrected chi connectivity index (χ4v) is 5.24. The fourth-order valence-electron chi connectivity index (χ4n) is 3.64. The Kier molecular flexibility index (Phi) is 5.79. The van der Waals surface area contributed by atoms with E-state index in [2.05, 4.69) is 22.8 Å². The second-order valence-electron chi connectivity index (χ2n) is 7.34. The first-order chi connectivity index (χ1) is 15.7. The van der Waals surface area contributed by atoms with Gasteiger partial charge in [0.05, 0.1) is 5.57 Å². The normalized spacial score (nSPS) is 15.2. The number of carbonyl (C=O) groups excluding carboxylic acids is 1. The van der Waals surface area contributed by atoms with Gasteiger partial charge in [-0.05, 0) is 36.1 Å². The molecule has 0 saturated carbocycles. The van der Waals surface area contributed by atoms with Crippen LogP contribution in [0.3, 0.4) is 0 Å². The number of thiophene rings is 1. The lowest BCUT2D eigenvalue weighted by molar-refractivity contribution is -0.113. The Labute approximate surface area is 194 Å². The van der Waals surface area contributed by atoms with Crippen LogP contribution in [0, 0.1) is 0 Å². The van der Waals surface area contributed by atoms with E-state index >= 15 is 0 Å². The van der Waals surface area contributed by atoms with Crippen LogP contribution in [0.25, 0.3) is 0 Å². The second kappa shape index (κ2) is 9.02. The summed E-state index contributed by atoms with van der Waals surface area (Å²) < 4.78 is 1.83. The van der Waals surface area contributed by atoms with Crippen LogP contribution in [0.5, 0.6) is 0 Å². The van der Waals surface area contributed by atoms with Crippen molar-refractivity contribution < 1.29 is 4.79 Å². The molecule has 160 valence electrons. The van der Waals surface area contributed by atoms with Crippen molar-refractivity contribution in [2.45, 2.75) is 23.9 Å². The number of para-hydroxylation sites is 1. The molecule has 1 atom stereocenters. The van der Waals surface area contributed by atoms with Gasteiger partial charge in [0.15, 0.2) is 0 Å². The van der Waals surface area contributed by atoms with Gasteiger partial charge in [-0.2, -0.15) is 4.98 Å². The first-order valence-electron chi connectivity index (χ1n) is 10.2. The minimum absolute atomic E-state index is 0.153. The third-order valence-electron chi connectivity index (χ3n) is 5.13. The summed E-state index contributed by atoms with van der Waals surface area (Å²) in [7, 11) is 0. The molecule has 0 unspecified atom stereocenters. The number of amides is 1. The summed E-state index contributed by atoms with van der Waals surface area (Å²) in [4.78, 5) is 19.1. The van der Waals surface area contributed by atoms with E-state index in [1.807, 2.05) is 77.6 Å². The van der Waals surface area contributed by atoms with Crippen molar-refractivity contribution in [2.24, 2.45) is 0 Å². The Bertz CT molecular complexity index is 1250. The number of hydrogen-bond donors (Lipinski definition) is 2. The highest BCUT2D eigenvalue weighted by atomic mass is 32.2. The zero-order valence-electron chi connectivity index (χ0n) is 17.4. The van der Waals surface area contributed by atoms with E-state index < -0.39 is 0 Å². The molecule has 6 nitrogen and oxygen atoms in total. The monoisotopic (exact) mass is 459 g/mol. The summed E-state index contributed by atoms with van der Waals surface area (Å²) in [6.45, 7) is 1.91. The van der Waals surface area contributed by atoms with Crippen LogP contribution in [-0.2, 0) is 10.5 Å². The van der Waals surface area contributed by atoms with Gasteiger partial charge < -0.3 is 10.6 Å². The number of aromatic nitrogens is 3. The van der Waals surface area contributed by atoms with Crippen molar-refractivity contribution in [2.75, 3.05) is 10.6 Å². The molecule has 32 heavy (non-hydrogen) atoms. The highest BCUT2D eigenvalue weighted by Gasteiger charge is 2.35. The van der Waals surface area contributed by atoms with Gasteiger partial charge in [-0.25, -0.2) is 4.68 Å². The van der Waals surface area contributed by atoms with Crippen molar-refractivity contribution in [3.05, 3.63) is 99.9 Å². The van der Waals surface area contributed by atoms with Crippen LogP contribution in [0.4, 0.5) is 11.6 Å². The highest BCUT2D eigenvalue weighted by Crippen LogP contribution is 2.38. The predicted molar refractivity (Wildman–Crippen MR) is 130 cm³/mol. The Balaban J connectivity index is 1.46. The third kappa shape index (κ3) is 4.19. The molecule has 8 heteroatoms. The first-order valence-corrected chi connectivity index (χ1v) is 12.1. The van der Waals surface area contributed by atoms with E-state index in [1.165, 1.54) is 5.56 Å². The Hall–Kier alpha value is -3.36. The van der Waals surface area contributed by atoms with Crippen molar-refractivity contribution in [1.29, 1.82) is 0 Å². The third-order valence-corrected chi connectivity index (χ3v) is 6.97. The van der Waals surface area contributed by atoms with Crippen molar-refractivity contribution in [3.8, 4) is 0 Å². The first kappa shape index (κ1) is 20.5. The number of rotatable bonds is 6. The average molecular weight is 460 g/mol. The predicted octanol–water partition coefficient (Wildman–Crippen LogP) is 5.56. The lowest BCUT2D eigenvalue weighted by Crippen LogP contribution is -2.31. The number of thioether (sulfide) groups is 1. The van der Waals surface area contributed by atoms with Gasteiger partial charge in [0, 0.05) is 22.0 Å². The molecular weight excluding hydrogens is 438 g/mol. The molecule has 4 aromatic rings. The van der Waals surface area contributed by atoms with E-state index in [4.69, 9.17) is 10.1 Å². The molecule has 1 aliphatic heterocycles. The van der Waals surface area contributed by atoms with Gasteiger partial charge in [-0.1, -0.05) is 66.4 Å². The van der Waals surface area contributed by atoms with E-state index in [1.54, 1.807) is 23.1 Å². The Morgan fingerprint density at radius 2 is 1.84 bits per heavy atom. The molecular formula is C24H21N5OS2. The molecule has 0 spiro atoms. The number of hydrogen-bond acceptors (Lipinski definition) is 6. The average Bonchev–Trinajstić information content (AvgIpc) is 3.48. The minimum atomic E-state index is -0.339. The fraction of sp³-hybridized carbons (Fsp3) is 0.125. The Morgan fingerprint density at radius 3 is 2.56 bits per heavy atom. The zero-order valence-corrected chi connectivity index (χ0v) is 19.0. The quantitative estimate of drug-likeness (QED) is 0.369. The standard InChI is InChI=1S/C24H21N5OS2/c1-16-20(22(30)26-18-11-6-3-7-12-18)21(19-13-8-14-31-19)29-23(25-16)27-24(28-29)32-15-17-9-4-2-5-10-17/h2-14,21H,15H2,1H3,(H,26,30)(H,25,27,28)/t21-/m0/s1. The molecule has 2 aromatic carbocycles. The molecule has 2 N–H and O–H groups in total. The van der Waals surface area contributed by atoms with E-state index in [0.29, 0.717) is 16.7 Å². The van der Waals surface area contributed by atoms with Crippen LogP contribution in [-0.4, -0.2) is 20.7 Å². The molecule has 0 aliphatic carbocycles. The number of nitrogens with one attached hydrogen (secondary N) is 2. The van der Waals surface area contributed by atoms with Crippen molar-refractivity contribution >= 4 is 40.6 Å². The highest BCUT2D eigenvalue weighted by molar-refractivity contribution is 7.98. The van der Waals surface area contributed by atoms with Crippen LogP contribution in [0.2, 0.25) is 0 Å². The summed E-state index contributed by atoms with van der Waals surface area (Å²) in [6, 6.07) is 23.4. The van der Waals surface area contributed by atoms with Gasteiger partial charge in [0.25, 0.3) is 5.91 Å². The molecule has 5 rings (SSSR count). The largest absolute Gasteiger partial charge is 0.328 e. The SMILES string of the molecule is CC1=C(C(=O)Nc2ccccc2)[C@H](c2cccs2)n2nc(SCc3ccccc3)nc2N1. The Morgan fingerprint density at radius 1 is 1.09 bits per heavy atom.